The molecule has 0 heterocycles. The number of hydrogen-bond donors (Lipinski definition) is 2. The summed E-state index contributed by atoms with van der Waals surface area (Å²) in [6.07, 6.45) is 0. The fourth-order valence-corrected chi connectivity index (χ4v) is 2.14. The molecule has 0 saturated heterocycles. The van der Waals surface area contributed by atoms with E-state index in [2.05, 4.69) is 10.6 Å². The third-order valence-electron chi connectivity index (χ3n) is 3.30. The van der Waals surface area contributed by atoms with Gasteiger partial charge < -0.3 is 10.1 Å². The zero-order valence-corrected chi connectivity index (χ0v) is 13.7. The molecule has 0 radical (unpaired) electrons. The monoisotopic (exact) mass is 343 g/mol. The van der Waals surface area contributed by atoms with Crippen molar-refractivity contribution in [2.45, 2.75) is 13.8 Å². The fourth-order valence-electron chi connectivity index (χ4n) is 2.14. The Morgan fingerprint density at radius 3 is 2.56 bits per heavy atom. The van der Waals surface area contributed by atoms with Crippen molar-refractivity contribution >= 4 is 23.3 Å². The molecule has 0 spiro atoms. The third kappa shape index (κ3) is 5.03. The SMILES string of the molecule is Cc1ccc(NC(=O)NC(=O)COc2ccccc2[N+](=O)[O-])c(C)c1. The smallest absolute Gasteiger partial charge is 0.325 e. The van der Waals surface area contributed by atoms with Crippen molar-refractivity contribution < 1.29 is 19.2 Å². The highest BCUT2D eigenvalue weighted by molar-refractivity contribution is 6.01. The molecule has 130 valence electrons. The van der Waals surface area contributed by atoms with Gasteiger partial charge in [0.2, 0.25) is 0 Å². The van der Waals surface area contributed by atoms with Gasteiger partial charge in [-0.25, -0.2) is 4.79 Å². The highest BCUT2D eigenvalue weighted by Crippen LogP contribution is 2.25. The maximum atomic E-state index is 11.8. The molecule has 0 bridgehead atoms. The summed E-state index contributed by atoms with van der Waals surface area (Å²) in [4.78, 5) is 33.9. The van der Waals surface area contributed by atoms with E-state index in [1.165, 1.54) is 18.2 Å². The van der Waals surface area contributed by atoms with Crippen molar-refractivity contribution in [3.8, 4) is 5.75 Å². The normalized spacial score (nSPS) is 10.0. The van der Waals surface area contributed by atoms with E-state index >= 15 is 0 Å². The van der Waals surface area contributed by atoms with Gasteiger partial charge in [0.25, 0.3) is 5.91 Å². The van der Waals surface area contributed by atoms with Gasteiger partial charge in [0.1, 0.15) is 0 Å². The zero-order chi connectivity index (χ0) is 18.4. The van der Waals surface area contributed by atoms with Crippen LogP contribution >= 0.6 is 0 Å². The lowest BCUT2D eigenvalue weighted by molar-refractivity contribution is -0.385. The molecule has 0 aliphatic rings. The Morgan fingerprint density at radius 1 is 1.16 bits per heavy atom. The number of urea groups is 1. The van der Waals surface area contributed by atoms with Gasteiger partial charge in [-0.3, -0.25) is 20.2 Å². The quantitative estimate of drug-likeness (QED) is 0.640. The van der Waals surface area contributed by atoms with E-state index in [4.69, 9.17) is 4.74 Å². The average molecular weight is 343 g/mol. The van der Waals surface area contributed by atoms with Gasteiger partial charge in [-0.05, 0) is 31.5 Å². The second kappa shape index (κ2) is 7.91. The number of carbonyl (C=O) groups excluding carboxylic acids is 2. The first-order valence-electron chi connectivity index (χ1n) is 7.41. The van der Waals surface area contributed by atoms with E-state index in [0.29, 0.717) is 5.69 Å². The van der Waals surface area contributed by atoms with Crippen LogP contribution in [0.4, 0.5) is 16.2 Å². The minimum Gasteiger partial charge on any atom is -0.477 e. The highest BCUT2D eigenvalue weighted by atomic mass is 16.6. The van der Waals surface area contributed by atoms with Crippen molar-refractivity contribution in [1.82, 2.24) is 5.32 Å². The van der Waals surface area contributed by atoms with Crippen molar-refractivity contribution in [3.63, 3.8) is 0 Å². The molecular formula is C17H17N3O5. The number of imide groups is 1. The summed E-state index contributed by atoms with van der Waals surface area (Å²) in [5, 5.41) is 15.5. The van der Waals surface area contributed by atoms with E-state index < -0.39 is 23.5 Å². The number of nitrogens with zero attached hydrogens (tertiary/aromatic N) is 1. The summed E-state index contributed by atoms with van der Waals surface area (Å²) < 4.78 is 5.12. The topological polar surface area (TPSA) is 111 Å². The predicted molar refractivity (Wildman–Crippen MR) is 91.7 cm³/mol. The Kier molecular flexibility index (Phi) is 5.67. The van der Waals surface area contributed by atoms with Crippen LogP contribution in [0.15, 0.2) is 42.5 Å². The molecule has 3 amide bonds. The number of nitro benzene ring substituents is 1. The van der Waals surface area contributed by atoms with Gasteiger partial charge in [0.05, 0.1) is 4.92 Å². The summed E-state index contributed by atoms with van der Waals surface area (Å²) in [7, 11) is 0. The number of para-hydroxylation sites is 2. The van der Waals surface area contributed by atoms with Gasteiger partial charge in [-0.1, -0.05) is 29.8 Å². The lowest BCUT2D eigenvalue weighted by Crippen LogP contribution is -2.37. The molecule has 2 aromatic rings. The summed E-state index contributed by atoms with van der Waals surface area (Å²) >= 11 is 0. The second-order valence-corrected chi connectivity index (χ2v) is 5.33. The Hall–Kier alpha value is -3.42. The van der Waals surface area contributed by atoms with Gasteiger partial charge in [0.15, 0.2) is 12.4 Å². The molecule has 8 nitrogen and oxygen atoms in total. The third-order valence-corrected chi connectivity index (χ3v) is 3.30. The van der Waals surface area contributed by atoms with Gasteiger partial charge in [-0.15, -0.1) is 0 Å². The summed E-state index contributed by atoms with van der Waals surface area (Å²) in [5.74, 6) is -0.766. The molecule has 25 heavy (non-hydrogen) atoms. The van der Waals surface area contributed by atoms with Crippen LogP contribution in [0.2, 0.25) is 0 Å². The first kappa shape index (κ1) is 17.9. The van der Waals surface area contributed by atoms with Crippen LogP contribution < -0.4 is 15.4 Å². The van der Waals surface area contributed by atoms with Crippen molar-refractivity contribution in [2.75, 3.05) is 11.9 Å². The molecule has 2 aromatic carbocycles. The van der Waals surface area contributed by atoms with E-state index in [1.807, 2.05) is 26.0 Å². The molecule has 0 atom stereocenters. The van der Waals surface area contributed by atoms with Crippen LogP contribution in [0.5, 0.6) is 5.75 Å². The number of carbonyl (C=O) groups is 2. The average Bonchev–Trinajstić information content (AvgIpc) is 2.55. The molecule has 0 fully saturated rings. The largest absolute Gasteiger partial charge is 0.477 e. The van der Waals surface area contributed by atoms with Crippen LogP contribution in [-0.4, -0.2) is 23.5 Å². The number of aryl methyl sites for hydroxylation is 2. The fraction of sp³-hybridized carbons (Fsp3) is 0.176. The zero-order valence-electron chi connectivity index (χ0n) is 13.7. The minimum atomic E-state index is -0.722. The molecule has 2 rings (SSSR count). The number of amides is 3. The number of hydrogen-bond acceptors (Lipinski definition) is 5. The van der Waals surface area contributed by atoms with Crippen LogP contribution in [0.3, 0.4) is 0 Å². The molecule has 0 saturated carbocycles. The predicted octanol–water partition coefficient (Wildman–Crippen LogP) is 2.94. The lowest BCUT2D eigenvalue weighted by Gasteiger charge is -2.10. The van der Waals surface area contributed by atoms with E-state index in [1.54, 1.807) is 12.1 Å². The molecule has 0 aliphatic carbocycles. The Bertz CT molecular complexity index is 820. The van der Waals surface area contributed by atoms with Crippen LogP contribution in [0.1, 0.15) is 11.1 Å². The standard InChI is InChI=1S/C17H17N3O5/c1-11-7-8-13(12(2)9-11)18-17(22)19-16(21)10-25-15-6-4-3-5-14(15)20(23)24/h3-9H,10H2,1-2H3,(H2,18,19,21,22). The summed E-state index contributed by atoms with van der Waals surface area (Å²) in [5.41, 5.74) is 2.24. The Morgan fingerprint density at radius 2 is 1.88 bits per heavy atom. The van der Waals surface area contributed by atoms with Crippen molar-refractivity contribution in [1.29, 1.82) is 0 Å². The lowest BCUT2D eigenvalue weighted by atomic mass is 10.1. The minimum absolute atomic E-state index is 0.0440. The van der Waals surface area contributed by atoms with Gasteiger partial charge in [-0.2, -0.15) is 0 Å². The molecular weight excluding hydrogens is 326 g/mol. The van der Waals surface area contributed by atoms with Crippen LogP contribution in [0.25, 0.3) is 0 Å². The number of ether oxygens (including phenoxy) is 1. The Balaban J connectivity index is 1.90. The van der Waals surface area contributed by atoms with E-state index in [0.717, 1.165) is 11.1 Å². The number of benzene rings is 2. The molecule has 0 aromatic heterocycles. The van der Waals surface area contributed by atoms with E-state index in [9.17, 15) is 19.7 Å². The number of rotatable bonds is 5. The molecule has 2 N–H and O–H groups in total. The van der Waals surface area contributed by atoms with Crippen molar-refractivity contribution in [3.05, 3.63) is 63.7 Å². The maximum absolute atomic E-state index is 11.8. The van der Waals surface area contributed by atoms with Crippen molar-refractivity contribution in [2.24, 2.45) is 0 Å². The van der Waals surface area contributed by atoms with Gasteiger partial charge >= 0.3 is 11.7 Å². The Labute approximate surface area is 144 Å². The number of nitro groups is 1. The molecule has 0 aliphatic heterocycles. The van der Waals surface area contributed by atoms with Crippen LogP contribution in [0, 0.1) is 24.0 Å². The second-order valence-electron chi connectivity index (χ2n) is 5.33. The maximum Gasteiger partial charge on any atom is 0.325 e. The first-order chi connectivity index (χ1) is 11.9. The number of anilines is 1. The first-order valence-corrected chi connectivity index (χ1v) is 7.41. The van der Waals surface area contributed by atoms with E-state index in [-0.39, 0.29) is 11.4 Å². The summed E-state index contributed by atoms with van der Waals surface area (Å²) in [6, 6.07) is 10.4. The molecule has 0 unspecified atom stereocenters. The highest BCUT2D eigenvalue weighted by Gasteiger charge is 2.16. The van der Waals surface area contributed by atoms with Crippen LogP contribution in [-0.2, 0) is 4.79 Å². The number of nitrogens with one attached hydrogen (secondary N) is 2. The van der Waals surface area contributed by atoms with Gasteiger partial charge in [0, 0.05) is 11.8 Å². The summed E-state index contributed by atoms with van der Waals surface area (Å²) in [6.45, 7) is 3.24. The molecule has 8 heteroatoms.